The molecule has 7 nitrogen and oxygen atoms in total. The molecule has 150 valence electrons. The summed E-state index contributed by atoms with van der Waals surface area (Å²) in [6, 6.07) is 5.00. The Hall–Kier alpha value is -2.80. The minimum absolute atomic E-state index is 0.201. The number of carbonyl (C=O) groups excluding carboxylic acids is 3. The third-order valence-corrected chi connectivity index (χ3v) is 4.66. The second-order valence-electron chi connectivity index (χ2n) is 6.31. The van der Waals surface area contributed by atoms with Gasteiger partial charge in [0.2, 0.25) is 5.78 Å². The fourth-order valence-electron chi connectivity index (χ4n) is 2.74. The van der Waals surface area contributed by atoms with Crippen LogP contribution >= 0.6 is 11.6 Å². The second kappa shape index (κ2) is 8.93. The highest BCUT2D eigenvalue weighted by molar-refractivity contribution is 6.31. The summed E-state index contributed by atoms with van der Waals surface area (Å²) in [4.78, 5) is 39.3. The molecule has 0 fully saturated rings. The maximum atomic E-state index is 12.6. The van der Waals surface area contributed by atoms with Gasteiger partial charge < -0.3 is 19.2 Å². The van der Waals surface area contributed by atoms with Crippen LogP contribution in [-0.4, -0.2) is 42.5 Å². The quantitative estimate of drug-likeness (QED) is 0.557. The molecule has 0 bridgehead atoms. The first kappa shape index (κ1) is 21.5. The van der Waals surface area contributed by atoms with Crippen LogP contribution in [0.3, 0.4) is 0 Å². The molecule has 1 atom stereocenters. The van der Waals surface area contributed by atoms with E-state index in [2.05, 4.69) is 4.98 Å². The lowest BCUT2D eigenvalue weighted by molar-refractivity contribution is -0.148. The van der Waals surface area contributed by atoms with Crippen molar-refractivity contribution in [3.63, 3.8) is 0 Å². The Morgan fingerprint density at radius 2 is 1.86 bits per heavy atom. The van der Waals surface area contributed by atoms with E-state index in [1.807, 2.05) is 6.92 Å². The van der Waals surface area contributed by atoms with Crippen molar-refractivity contribution in [2.24, 2.45) is 0 Å². The molecule has 1 unspecified atom stereocenters. The normalized spacial score (nSPS) is 11.6. The monoisotopic (exact) mass is 407 g/mol. The van der Waals surface area contributed by atoms with E-state index in [0.29, 0.717) is 27.6 Å². The van der Waals surface area contributed by atoms with Crippen molar-refractivity contribution < 1.29 is 28.6 Å². The Kier molecular flexibility index (Phi) is 6.85. The molecule has 2 aromatic rings. The second-order valence-corrected chi connectivity index (χ2v) is 6.72. The molecule has 1 aromatic carbocycles. The number of aryl methyl sites for hydroxylation is 2. The number of benzene rings is 1. The highest BCUT2D eigenvalue weighted by Gasteiger charge is 2.27. The number of methoxy groups -OCH3 is 1. The van der Waals surface area contributed by atoms with Gasteiger partial charge in [0, 0.05) is 10.7 Å². The van der Waals surface area contributed by atoms with Crippen LogP contribution in [0.4, 0.5) is 0 Å². The number of carbonyl (C=O) groups is 3. The molecule has 0 aliphatic rings. The van der Waals surface area contributed by atoms with Crippen LogP contribution in [0.2, 0.25) is 5.02 Å². The molecule has 2 rings (SSSR count). The number of aromatic nitrogens is 1. The number of halogens is 1. The lowest BCUT2D eigenvalue weighted by Gasteiger charge is -2.13. The largest absolute Gasteiger partial charge is 0.482 e. The van der Waals surface area contributed by atoms with E-state index in [9.17, 15) is 14.4 Å². The van der Waals surface area contributed by atoms with E-state index in [0.717, 1.165) is 5.56 Å². The highest BCUT2D eigenvalue weighted by atomic mass is 35.5. The minimum Gasteiger partial charge on any atom is -0.482 e. The fraction of sp³-hybridized carbons (Fsp3) is 0.350. The number of nitrogens with one attached hydrogen (secondary N) is 1. The van der Waals surface area contributed by atoms with E-state index < -0.39 is 23.8 Å². The number of rotatable bonds is 7. The number of esters is 2. The van der Waals surface area contributed by atoms with Crippen molar-refractivity contribution in [2.45, 2.75) is 33.8 Å². The van der Waals surface area contributed by atoms with Crippen LogP contribution in [0.5, 0.6) is 5.75 Å². The average molecular weight is 408 g/mol. The van der Waals surface area contributed by atoms with Gasteiger partial charge in [-0.3, -0.25) is 4.79 Å². The van der Waals surface area contributed by atoms with Crippen molar-refractivity contribution in [3.8, 4) is 5.75 Å². The number of Topliss-reactive ketones (excluding diaryl/α,β-unsaturated/α-hetero) is 1. The molecule has 8 heteroatoms. The highest BCUT2D eigenvalue weighted by Crippen LogP contribution is 2.22. The van der Waals surface area contributed by atoms with Crippen molar-refractivity contribution in [3.05, 3.63) is 51.3 Å². The zero-order chi connectivity index (χ0) is 21.0. The number of hydrogen-bond donors (Lipinski definition) is 1. The standard InChI is InChI=1S/C20H22ClNO6/c1-10-8-14(6-7-15(10)21)27-9-16(23)28-13(4)19(24)18-11(2)17(12(3)22-18)20(25)26-5/h6-8,13,22H,9H2,1-5H3. The number of H-pyrrole nitrogens is 1. The van der Waals surface area contributed by atoms with Gasteiger partial charge in [-0.25, -0.2) is 9.59 Å². The van der Waals surface area contributed by atoms with Crippen molar-refractivity contribution >= 4 is 29.3 Å². The minimum atomic E-state index is -1.05. The summed E-state index contributed by atoms with van der Waals surface area (Å²) in [5, 5.41) is 0.595. The van der Waals surface area contributed by atoms with Crippen LogP contribution in [0.1, 0.15) is 44.6 Å². The van der Waals surface area contributed by atoms with E-state index in [4.69, 9.17) is 25.8 Å². The van der Waals surface area contributed by atoms with Gasteiger partial charge in [-0.05, 0) is 57.0 Å². The summed E-state index contributed by atoms with van der Waals surface area (Å²) >= 11 is 5.94. The predicted molar refractivity (Wildman–Crippen MR) is 103 cm³/mol. The molecule has 0 saturated carbocycles. The van der Waals surface area contributed by atoms with Crippen LogP contribution in [0.25, 0.3) is 0 Å². The first-order chi connectivity index (χ1) is 13.1. The van der Waals surface area contributed by atoms with Gasteiger partial charge in [-0.15, -0.1) is 0 Å². The Morgan fingerprint density at radius 3 is 2.46 bits per heavy atom. The molecular formula is C20H22ClNO6. The molecular weight excluding hydrogens is 386 g/mol. The van der Waals surface area contributed by atoms with Gasteiger partial charge in [0.15, 0.2) is 12.7 Å². The Balaban J connectivity index is 2.01. The summed E-state index contributed by atoms with van der Waals surface area (Å²) in [5.41, 5.74) is 2.27. The molecule has 1 N–H and O–H groups in total. The third-order valence-electron chi connectivity index (χ3n) is 4.24. The maximum absolute atomic E-state index is 12.6. The smallest absolute Gasteiger partial charge is 0.344 e. The van der Waals surface area contributed by atoms with Crippen LogP contribution < -0.4 is 4.74 Å². The van der Waals surface area contributed by atoms with Crippen LogP contribution in [0, 0.1) is 20.8 Å². The summed E-state index contributed by atoms with van der Waals surface area (Å²) in [6.07, 6.45) is -1.05. The zero-order valence-electron chi connectivity index (χ0n) is 16.3. The van der Waals surface area contributed by atoms with Crippen LogP contribution in [0.15, 0.2) is 18.2 Å². The Morgan fingerprint density at radius 1 is 1.18 bits per heavy atom. The van der Waals surface area contributed by atoms with Crippen molar-refractivity contribution in [2.75, 3.05) is 13.7 Å². The van der Waals surface area contributed by atoms with E-state index >= 15 is 0 Å². The Bertz CT molecular complexity index is 918. The van der Waals surface area contributed by atoms with E-state index in [1.165, 1.54) is 14.0 Å². The number of hydrogen-bond acceptors (Lipinski definition) is 6. The predicted octanol–water partition coefficient (Wildman–Crippen LogP) is 3.57. The third kappa shape index (κ3) is 4.72. The summed E-state index contributed by atoms with van der Waals surface area (Å²) in [7, 11) is 1.27. The summed E-state index contributed by atoms with van der Waals surface area (Å²) < 4.78 is 15.3. The number of aromatic amines is 1. The van der Waals surface area contributed by atoms with E-state index in [1.54, 1.807) is 32.0 Å². The van der Waals surface area contributed by atoms with Gasteiger partial charge in [0.25, 0.3) is 0 Å². The lowest BCUT2D eigenvalue weighted by Crippen LogP contribution is -2.28. The topological polar surface area (TPSA) is 94.7 Å². The molecule has 0 saturated heterocycles. The number of ketones is 1. The Labute approximate surface area is 167 Å². The molecule has 28 heavy (non-hydrogen) atoms. The molecule has 0 aliphatic heterocycles. The first-order valence-electron chi connectivity index (χ1n) is 8.55. The maximum Gasteiger partial charge on any atom is 0.344 e. The van der Waals surface area contributed by atoms with Gasteiger partial charge in [-0.1, -0.05) is 11.6 Å². The van der Waals surface area contributed by atoms with Gasteiger partial charge in [-0.2, -0.15) is 0 Å². The van der Waals surface area contributed by atoms with E-state index in [-0.39, 0.29) is 12.3 Å². The number of ether oxygens (including phenoxy) is 3. The van der Waals surface area contributed by atoms with Crippen LogP contribution in [-0.2, 0) is 14.3 Å². The van der Waals surface area contributed by atoms with Gasteiger partial charge >= 0.3 is 11.9 Å². The zero-order valence-corrected chi connectivity index (χ0v) is 17.1. The van der Waals surface area contributed by atoms with Crippen molar-refractivity contribution in [1.29, 1.82) is 0 Å². The first-order valence-corrected chi connectivity index (χ1v) is 8.93. The fourth-order valence-corrected chi connectivity index (χ4v) is 2.86. The molecule has 0 aliphatic carbocycles. The molecule has 1 aromatic heterocycles. The molecule has 1 heterocycles. The van der Waals surface area contributed by atoms with Crippen molar-refractivity contribution in [1.82, 2.24) is 4.98 Å². The van der Waals surface area contributed by atoms with Gasteiger partial charge in [0.1, 0.15) is 5.75 Å². The van der Waals surface area contributed by atoms with Gasteiger partial charge in [0.05, 0.1) is 18.4 Å². The summed E-state index contributed by atoms with van der Waals surface area (Å²) in [5.74, 6) is -1.22. The SMILES string of the molecule is COC(=O)c1c(C)[nH]c(C(=O)C(C)OC(=O)COc2ccc(Cl)c(C)c2)c1C. The average Bonchev–Trinajstić information content (AvgIpc) is 2.95. The molecule has 0 spiro atoms. The summed E-state index contributed by atoms with van der Waals surface area (Å²) in [6.45, 7) is 6.21. The molecule has 0 amide bonds. The molecule has 0 radical (unpaired) electrons. The lowest BCUT2D eigenvalue weighted by atomic mass is 10.1.